The number of thiazole rings is 1. The van der Waals surface area contributed by atoms with Crippen LogP contribution in [0.3, 0.4) is 0 Å². The molecule has 0 saturated heterocycles. The molecule has 0 saturated carbocycles. The number of rotatable bonds is 5. The van der Waals surface area contributed by atoms with E-state index in [9.17, 15) is 4.79 Å². The van der Waals surface area contributed by atoms with Crippen LogP contribution in [0.15, 0.2) is 30.3 Å². The van der Waals surface area contributed by atoms with Crippen molar-refractivity contribution in [2.45, 2.75) is 26.3 Å². The minimum atomic E-state index is -0.551. The van der Waals surface area contributed by atoms with Gasteiger partial charge in [0.25, 0.3) is 0 Å². The van der Waals surface area contributed by atoms with Gasteiger partial charge in [-0.15, -0.1) is 11.3 Å². The normalized spacial score (nSPS) is 11.6. The summed E-state index contributed by atoms with van der Waals surface area (Å²) in [5.41, 5.74) is 1.99. The zero-order valence-electron chi connectivity index (χ0n) is 13.3. The largest absolute Gasteiger partial charge is 0.467 e. The molecule has 23 heavy (non-hydrogen) atoms. The Hall–Kier alpha value is -1.99. The van der Waals surface area contributed by atoms with Gasteiger partial charge in [-0.25, -0.2) is 9.78 Å². The number of hydrogen-bond acceptors (Lipinski definition) is 5. The summed E-state index contributed by atoms with van der Waals surface area (Å²) in [6.07, 6.45) is 0.491. The van der Waals surface area contributed by atoms with Gasteiger partial charge in [-0.2, -0.15) is 0 Å². The molecule has 0 fully saturated rings. The van der Waals surface area contributed by atoms with Crippen LogP contribution in [0.4, 0.5) is 5.13 Å². The van der Waals surface area contributed by atoms with E-state index in [1.165, 1.54) is 18.4 Å². The number of benzene rings is 1. The smallest absolute Gasteiger partial charge is 0.328 e. The number of thiocarbonyl (C=S) groups is 1. The van der Waals surface area contributed by atoms with Crippen LogP contribution in [0.5, 0.6) is 0 Å². The van der Waals surface area contributed by atoms with Gasteiger partial charge in [0.15, 0.2) is 10.2 Å². The molecule has 2 N–H and O–H groups in total. The molecule has 1 atom stereocenters. The van der Waals surface area contributed by atoms with E-state index in [-0.39, 0.29) is 5.97 Å². The lowest BCUT2D eigenvalue weighted by molar-refractivity contribution is -0.142. The molecule has 1 aromatic carbocycles. The van der Waals surface area contributed by atoms with E-state index in [4.69, 9.17) is 17.0 Å². The Kier molecular flexibility index (Phi) is 6.06. The predicted octanol–water partition coefficient (Wildman–Crippen LogP) is 2.83. The Morgan fingerprint density at radius 3 is 2.61 bits per heavy atom. The highest BCUT2D eigenvalue weighted by molar-refractivity contribution is 7.80. The molecule has 1 aromatic heterocycles. The number of carbonyl (C=O) groups is 1. The molecule has 2 rings (SSSR count). The molecule has 5 nitrogen and oxygen atoms in total. The SMILES string of the molecule is COC(=O)[C@H](Cc1ccccc1)NC(=S)Nc1nc(C)c(C)s1. The summed E-state index contributed by atoms with van der Waals surface area (Å²) in [5.74, 6) is -0.357. The van der Waals surface area contributed by atoms with Crippen LogP contribution < -0.4 is 10.6 Å². The Morgan fingerprint density at radius 1 is 1.35 bits per heavy atom. The van der Waals surface area contributed by atoms with Gasteiger partial charge in [-0.3, -0.25) is 0 Å². The van der Waals surface area contributed by atoms with Gasteiger partial charge >= 0.3 is 5.97 Å². The van der Waals surface area contributed by atoms with E-state index >= 15 is 0 Å². The number of hydrogen-bond donors (Lipinski definition) is 2. The molecule has 1 heterocycles. The summed E-state index contributed by atoms with van der Waals surface area (Å²) in [6, 6.07) is 9.17. The molecule has 0 unspecified atom stereocenters. The second kappa shape index (κ2) is 8.03. The maximum Gasteiger partial charge on any atom is 0.328 e. The lowest BCUT2D eigenvalue weighted by atomic mass is 10.1. The highest BCUT2D eigenvalue weighted by Gasteiger charge is 2.21. The molecular weight excluding hydrogens is 330 g/mol. The maximum atomic E-state index is 12.0. The third kappa shape index (κ3) is 5.01. The molecule has 0 radical (unpaired) electrons. The number of ether oxygens (including phenoxy) is 1. The van der Waals surface area contributed by atoms with Crippen molar-refractivity contribution in [1.29, 1.82) is 0 Å². The average Bonchev–Trinajstić information content (AvgIpc) is 2.84. The molecule has 0 spiro atoms. The van der Waals surface area contributed by atoms with Crippen molar-refractivity contribution in [3.8, 4) is 0 Å². The van der Waals surface area contributed by atoms with Gasteiger partial charge < -0.3 is 15.4 Å². The summed E-state index contributed by atoms with van der Waals surface area (Å²) in [6.45, 7) is 3.95. The van der Waals surface area contributed by atoms with Crippen molar-refractivity contribution < 1.29 is 9.53 Å². The van der Waals surface area contributed by atoms with Gasteiger partial charge in [-0.1, -0.05) is 30.3 Å². The monoisotopic (exact) mass is 349 g/mol. The Morgan fingerprint density at radius 2 is 2.04 bits per heavy atom. The van der Waals surface area contributed by atoms with E-state index in [2.05, 4.69) is 15.6 Å². The maximum absolute atomic E-state index is 12.0. The first-order valence-corrected chi connectivity index (χ1v) is 8.35. The molecule has 0 aliphatic heterocycles. The molecule has 0 aliphatic rings. The van der Waals surface area contributed by atoms with Crippen LogP contribution in [0.2, 0.25) is 0 Å². The first kappa shape index (κ1) is 17.4. The van der Waals surface area contributed by atoms with Crippen LogP contribution in [-0.2, 0) is 16.0 Å². The fraction of sp³-hybridized carbons (Fsp3) is 0.312. The van der Waals surface area contributed by atoms with Crippen molar-refractivity contribution in [2.75, 3.05) is 12.4 Å². The van der Waals surface area contributed by atoms with E-state index < -0.39 is 6.04 Å². The first-order chi connectivity index (χ1) is 11.0. The van der Waals surface area contributed by atoms with Crippen molar-refractivity contribution in [1.82, 2.24) is 10.3 Å². The van der Waals surface area contributed by atoms with E-state index in [1.807, 2.05) is 44.2 Å². The lowest BCUT2D eigenvalue weighted by Gasteiger charge is -2.18. The number of aromatic nitrogens is 1. The quantitative estimate of drug-likeness (QED) is 0.639. The highest BCUT2D eigenvalue weighted by Crippen LogP contribution is 2.20. The van der Waals surface area contributed by atoms with Crippen molar-refractivity contribution >= 4 is 39.8 Å². The van der Waals surface area contributed by atoms with E-state index in [1.54, 1.807) is 0 Å². The minimum Gasteiger partial charge on any atom is -0.467 e. The van der Waals surface area contributed by atoms with Gasteiger partial charge in [-0.05, 0) is 31.6 Å². The summed E-state index contributed by atoms with van der Waals surface area (Å²) < 4.78 is 4.86. The summed E-state index contributed by atoms with van der Waals surface area (Å²) >= 11 is 6.81. The third-order valence-corrected chi connectivity index (χ3v) is 4.53. The number of nitrogens with one attached hydrogen (secondary N) is 2. The van der Waals surface area contributed by atoms with Gasteiger partial charge in [0.2, 0.25) is 0 Å². The zero-order valence-corrected chi connectivity index (χ0v) is 14.9. The molecule has 7 heteroatoms. The summed E-state index contributed by atoms with van der Waals surface area (Å²) in [5, 5.41) is 7.09. The summed E-state index contributed by atoms with van der Waals surface area (Å²) in [7, 11) is 1.37. The van der Waals surface area contributed by atoms with Crippen LogP contribution in [0.1, 0.15) is 16.1 Å². The van der Waals surface area contributed by atoms with Crippen molar-refractivity contribution in [2.24, 2.45) is 0 Å². The van der Waals surface area contributed by atoms with E-state index in [0.717, 1.165) is 16.1 Å². The highest BCUT2D eigenvalue weighted by atomic mass is 32.1. The number of nitrogens with zero attached hydrogens (tertiary/aromatic N) is 1. The topological polar surface area (TPSA) is 63.2 Å². The average molecular weight is 349 g/mol. The number of methoxy groups -OCH3 is 1. The zero-order chi connectivity index (χ0) is 16.8. The number of anilines is 1. The Bertz CT molecular complexity index is 666. The second-order valence-corrected chi connectivity index (χ2v) is 6.64. The molecular formula is C16H19N3O2S2. The number of esters is 1. The summed E-state index contributed by atoms with van der Waals surface area (Å²) in [4.78, 5) is 17.5. The Balaban J connectivity index is 2.02. The molecule has 0 aliphatic carbocycles. The molecule has 0 amide bonds. The van der Waals surface area contributed by atoms with Crippen LogP contribution in [0.25, 0.3) is 0 Å². The minimum absolute atomic E-state index is 0.352. The van der Waals surface area contributed by atoms with Crippen LogP contribution in [0, 0.1) is 13.8 Å². The second-order valence-electron chi connectivity index (χ2n) is 5.02. The van der Waals surface area contributed by atoms with Gasteiger partial charge in [0.1, 0.15) is 6.04 Å². The number of carbonyl (C=O) groups excluding carboxylic acids is 1. The predicted molar refractivity (Wildman–Crippen MR) is 96.9 cm³/mol. The number of aryl methyl sites for hydroxylation is 2. The Labute approximate surface area is 145 Å². The lowest BCUT2D eigenvalue weighted by Crippen LogP contribution is -2.44. The fourth-order valence-electron chi connectivity index (χ4n) is 2.00. The van der Waals surface area contributed by atoms with E-state index in [0.29, 0.717) is 16.7 Å². The molecule has 2 aromatic rings. The van der Waals surface area contributed by atoms with Crippen molar-refractivity contribution in [3.05, 3.63) is 46.5 Å². The van der Waals surface area contributed by atoms with Crippen molar-refractivity contribution in [3.63, 3.8) is 0 Å². The first-order valence-electron chi connectivity index (χ1n) is 7.13. The standard InChI is InChI=1S/C16H19N3O2S2/c1-10-11(2)23-16(17-10)19-15(22)18-13(14(20)21-3)9-12-7-5-4-6-8-12/h4-8,13H,9H2,1-3H3,(H2,17,18,19,22)/t13-/m0/s1. The molecule has 0 bridgehead atoms. The van der Waals surface area contributed by atoms with Gasteiger partial charge in [0, 0.05) is 11.3 Å². The van der Waals surface area contributed by atoms with Crippen LogP contribution >= 0.6 is 23.6 Å². The fourth-order valence-corrected chi connectivity index (χ4v) is 3.13. The molecule has 122 valence electrons. The van der Waals surface area contributed by atoms with Gasteiger partial charge in [0.05, 0.1) is 12.8 Å². The van der Waals surface area contributed by atoms with Crippen LogP contribution in [-0.4, -0.2) is 29.2 Å². The third-order valence-electron chi connectivity index (χ3n) is 3.32.